The van der Waals surface area contributed by atoms with Gasteiger partial charge in [-0.1, -0.05) is 0 Å². The monoisotopic (exact) mass is 236 g/mol. The highest BCUT2D eigenvalue weighted by Crippen LogP contribution is 2.16. The lowest BCUT2D eigenvalue weighted by atomic mass is 10.3. The molecule has 2 N–H and O–H groups in total. The van der Waals surface area contributed by atoms with Crippen LogP contribution in [0.25, 0.3) is 0 Å². The van der Waals surface area contributed by atoms with Gasteiger partial charge >= 0.3 is 0 Å². The van der Waals surface area contributed by atoms with Gasteiger partial charge in [0.1, 0.15) is 0 Å². The molecular weight excluding hydrogens is 220 g/mol. The van der Waals surface area contributed by atoms with E-state index in [1.165, 1.54) is 10.6 Å². The first-order valence-electron chi connectivity index (χ1n) is 5.36. The average Bonchev–Trinajstić information content (AvgIpc) is 2.84. The molecule has 0 saturated carbocycles. The van der Waals surface area contributed by atoms with Gasteiger partial charge in [0.05, 0.1) is 17.0 Å². The van der Waals surface area contributed by atoms with Crippen molar-refractivity contribution in [2.75, 3.05) is 6.54 Å². The minimum atomic E-state index is 0.908. The second-order valence-corrected chi connectivity index (χ2v) is 5.03. The molecule has 0 aliphatic carbocycles. The first-order valence-corrected chi connectivity index (χ1v) is 6.18. The Kier molecular flexibility index (Phi) is 3.69. The molecule has 4 nitrogen and oxygen atoms in total. The second kappa shape index (κ2) is 5.23. The molecule has 0 radical (unpaired) electrons. The van der Waals surface area contributed by atoms with E-state index in [4.69, 9.17) is 0 Å². The Bertz CT molecular complexity index is 433. The Labute approximate surface area is 99.2 Å². The van der Waals surface area contributed by atoms with Crippen LogP contribution in [0.4, 0.5) is 0 Å². The number of nitrogens with one attached hydrogen (secondary N) is 2. The number of H-pyrrole nitrogens is 1. The van der Waals surface area contributed by atoms with Crippen molar-refractivity contribution in [3.63, 3.8) is 0 Å². The highest BCUT2D eigenvalue weighted by Gasteiger charge is 2.03. The van der Waals surface area contributed by atoms with Crippen molar-refractivity contribution in [3.8, 4) is 0 Å². The fourth-order valence-electron chi connectivity index (χ4n) is 1.58. The van der Waals surface area contributed by atoms with Gasteiger partial charge < -0.3 is 10.3 Å². The van der Waals surface area contributed by atoms with Crippen molar-refractivity contribution in [3.05, 3.63) is 33.8 Å². The standard InChI is InChI=1S/C11H16N4S/c1-8-11(16-9(2)15-8)6-12-4-3-10-5-13-7-14-10/h5,7,12H,3-4,6H2,1-2H3,(H,13,14). The predicted molar refractivity (Wildman–Crippen MR) is 65.6 cm³/mol. The second-order valence-electron chi connectivity index (χ2n) is 3.75. The number of aromatic nitrogens is 3. The summed E-state index contributed by atoms with van der Waals surface area (Å²) in [4.78, 5) is 12.8. The van der Waals surface area contributed by atoms with Crippen molar-refractivity contribution < 1.29 is 0 Å². The van der Waals surface area contributed by atoms with E-state index in [-0.39, 0.29) is 0 Å². The predicted octanol–water partition coefficient (Wildman–Crippen LogP) is 1.82. The molecule has 0 aliphatic rings. The summed E-state index contributed by atoms with van der Waals surface area (Å²) in [6.45, 7) is 5.98. The lowest BCUT2D eigenvalue weighted by Gasteiger charge is -2.01. The highest BCUT2D eigenvalue weighted by atomic mass is 32.1. The highest BCUT2D eigenvalue weighted by molar-refractivity contribution is 7.11. The lowest BCUT2D eigenvalue weighted by molar-refractivity contribution is 0.684. The third-order valence-corrected chi connectivity index (χ3v) is 3.48. The molecule has 2 aromatic heterocycles. The van der Waals surface area contributed by atoms with Crippen LogP contribution in [0.5, 0.6) is 0 Å². The summed E-state index contributed by atoms with van der Waals surface area (Å²) in [6, 6.07) is 0. The number of aryl methyl sites for hydroxylation is 2. The van der Waals surface area contributed by atoms with Crippen LogP contribution in [0.1, 0.15) is 21.3 Å². The van der Waals surface area contributed by atoms with Gasteiger partial charge in [-0.3, -0.25) is 0 Å². The Balaban J connectivity index is 1.74. The number of hydrogen-bond acceptors (Lipinski definition) is 4. The summed E-state index contributed by atoms with van der Waals surface area (Å²) in [5.41, 5.74) is 2.32. The van der Waals surface area contributed by atoms with Crippen LogP contribution in [0.3, 0.4) is 0 Å². The first kappa shape index (κ1) is 11.3. The number of imidazole rings is 1. The quantitative estimate of drug-likeness (QED) is 0.779. The van der Waals surface area contributed by atoms with E-state index < -0.39 is 0 Å². The summed E-state index contributed by atoms with van der Waals surface area (Å²) in [5, 5.41) is 4.56. The number of thiazole rings is 1. The van der Waals surface area contributed by atoms with Crippen molar-refractivity contribution in [1.82, 2.24) is 20.3 Å². The van der Waals surface area contributed by atoms with Gasteiger partial charge in [-0.25, -0.2) is 9.97 Å². The maximum Gasteiger partial charge on any atom is 0.0921 e. The fraction of sp³-hybridized carbons (Fsp3) is 0.455. The van der Waals surface area contributed by atoms with Gasteiger partial charge in [-0.05, 0) is 13.8 Å². The fourth-order valence-corrected chi connectivity index (χ4v) is 2.49. The molecule has 0 atom stereocenters. The zero-order valence-electron chi connectivity index (χ0n) is 9.58. The molecule has 0 amide bonds. The Morgan fingerprint density at radius 2 is 2.31 bits per heavy atom. The molecule has 0 bridgehead atoms. The largest absolute Gasteiger partial charge is 0.348 e. The normalized spacial score (nSPS) is 10.9. The van der Waals surface area contributed by atoms with Crippen molar-refractivity contribution >= 4 is 11.3 Å². The molecule has 16 heavy (non-hydrogen) atoms. The van der Waals surface area contributed by atoms with E-state index in [9.17, 15) is 0 Å². The molecule has 0 aromatic carbocycles. The third kappa shape index (κ3) is 2.90. The summed E-state index contributed by atoms with van der Waals surface area (Å²) in [6.07, 6.45) is 4.56. The van der Waals surface area contributed by atoms with E-state index in [1.807, 2.05) is 13.1 Å². The van der Waals surface area contributed by atoms with Crippen molar-refractivity contribution in [1.29, 1.82) is 0 Å². The molecule has 0 saturated heterocycles. The van der Waals surface area contributed by atoms with E-state index >= 15 is 0 Å². The summed E-state index contributed by atoms with van der Waals surface area (Å²) >= 11 is 1.77. The SMILES string of the molecule is Cc1nc(C)c(CNCCc2cnc[nH]2)s1. The zero-order valence-corrected chi connectivity index (χ0v) is 10.4. The van der Waals surface area contributed by atoms with Crippen LogP contribution in [0.2, 0.25) is 0 Å². The van der Waals surface area contributed by atoms with Crippen LogP contribution in [-0.4, -0.2) is 21.5 Å². The Morgan fingerprint density at radius 1 is 1.44 bits per heavy atom. The number of nitrogens with zero attached hydrogens (tertiary/aromatic N) is 2. The van der Waals surface area contributed by atoms with Crippen LogP contribution in [-0.2, 0) is 13.0 Å². The van der Waals surface area contributed by atoms with Gasteiger partial charge in [0, 0.05) is 36.3 Å². The van der Waals surface area contributed by atoms with Crippen molar-refractivity contribution in [2.45, 2.75) is 26.8 Å². The smallest absolute Gasteiger partial charge is 0.0921 e. The third-order valence-electron chi connectivity index (χ3n) is 2.41. The van der Waals surface area contributed by atoms with Gasteiger partial charge in [0.25, 0.3) is 0 Å². The van der Waals surface area contributed by atoms with Gasteiger partial charge in [0.2, 0.25) is 0 Å². The van der Waals surface area contributed by atoms with E-state index in [0.717, 1.165) is 30.2 Å². The molecule has 0 unspecified atom stereocenters. The summed E-state index contributed by atoms with van der Waals surface area (Å²) < 4.78 is 0. The number of rotatable bonds is 5. The van der Waals surface area contributed by atoms with Gasteiger partial charge in [-0.15, -0.1) is 11.3 Å². The number of aromatic amines is 1. The van der Waals surface area contributed by atoms with Crippen LogP contribution < -0.4 is 5.32 Å². The van der Waals surface area contributed by atoms with E-state index in [1.54, 1.807) is 17.7 Å². The molecule has 0 aliphatic heterocycles. The molecular formula is C11H16N4S. The number of hydrogen-bond donors (Lipinski definition) is 2. The average molecular weight is 236 g/mol. The van der Waals surface area contributed by atoms with Crippen LogP contribution in [0.15, 0.2) is 12.5 Å². The minimum absolute atomic E-state index is 0.908. The van der Waals surface area contributed by atoms with Gasteiger partial charge in [0.15, 0.2) is 0 Å². The Hall–Kier alpha value is -1.20. The molecule has 0 spiro atoms. The van der Waals surface area contributed by atoms with Crippen LogP contribution in [0, 0.1) is 13.8 Å². The first-order chi connectivity index (χ1) is 7.75. The topological polar surface area (TPSA) is 53.6 Å². The zero-order chi connectivity index (χ0) is 11.4. The van der Waals surface area contributed by atoms with Gasteiger partial charge in [-0.2, -0.15) is 0 Å². The summed E-state index contributed by atoms with van der Waals surface area (Å²) in [7, 11) is 0. The molecule has 2 aromatic rings. The molecule has 2 rings (SSSR count). The lowest BCUT2D eigenvalue weighted by Crippen LogP contribution is -2.16. The minimum Gasteiger partial charge on any atom is -0.348 e. The maximum atomic E-state index is 4.40. The molecule has 0 fully saturated rings. The van der Waals surface area contributed by atoms with Crippen molar-refractivity contribution in [2.24, 2.45) is 0 Å². The van der Waals surface area contributed by atoms with Crippen LogP contribution >= 0.6 is 11.3 Å². The van der Waals surface area contributed by atoms with E-state index in [0.29, 0.717) is 0 Å². The maximum absolute atomic E-state index is 4.40. The Morgan fingerprint density at radius 3 is 2.94 bits per heavy atom. The molecule has 2 heterocycles. The van der Waals surface area contributed by atoms with E-state index in [2.05, 4.69) is 27.2 Å². The molecule has 86 valence electrons. The summed E-state index contributed by atoms with van der Waals surface area (Å²) in [5.74, 6) is 0. The molecule has 5 heteroatoms.